The first-order chi connectivity index (χ1) is 9.17. The van der Waals surface area contributed by atoms with Gasteiger partial charge in [-0.25, -0.2) is 4.39 Å². The van der Waals surface area contributed by atoms with Crippen molar-refractivity contribution in [2.45, 2.75) is 37.3 Å². The van der Waals surface area contributed by atoms with Crippen LogP contribution < -0.4 is 4.74 Å². The lowest BCUT2D eigenvalue weighted by Gasteiger charge is -2.38. The molecule has 19 heavy (non-hydrogen) atoms. The van der Waals surface area contributed by atoms with Crippen molar-refractivity contribution in [1.29, 1.82) is 0 Å². The Balaban J connectivity index is 1.69. The third-order valence-electron chi connectivity index (χ3n) is 3.68. The van der Waals surface area contributed by atoms with Gasteiger partial charge in [0.05, 0.1) is 19.3 Å². The molecule has 2 fully saturated rings. The summed E-state index contributed by atoms with van der Waals surface area (Å²) < 4.78 is 29.9. The van der Waals surface area contributed by atoms with Crippen molar-refractivity contribution in [3.8, 4) is 5.75 Å². The highest BCUT2D eigenvalue weighted by atomic mass is 19.1. The first kappa shape index (κ1) is 12.8. The zero-order chi connectivity index (χ0) is 13.3. The van der Waals surface area contributed by atoms with Crippen LogP contribution in [0, 0.1) is 5.82 Å². The molecule has 1 aliphatic carbocycles. The number of halogens is 1. The number of aliphatic hydroxyl groups excluding tert-OH is 1. The average molecular weight is 268 g/mol. The first-order valence-corrected chi connectivity index (χ1v) is 6.55. The number of aliphatic hydroxyl groups is 1. The molecule has 1 saturated carbocycles. The van der Waals surface area contributed by atoms with E-state index in [0.717, 1.165) is 0 Å². The molecule has 1 aromatic rings. The Morgan fingerprint density at radius 2 is 1.89 bits per heavy atom. The fourth-order valence-electron chi connectivity index (χ4n) is 2.67. The van der Waals surface area contributed by atoms with E-state index in [-0.39, 0.29) is 5.82 Å². The van der Waals surface area contributed by atoms with Gasteiger partial charge in [-0.05, 0) is 30.7 Å². The fourth-order valence-corrected chi connectivity index (χ4v) is 2.67. The van der Waals surface area contributed by atoms with Gasteiger partial charge in [0.2, 0.25) is 0 Å². The summed E-state index contributed by atoms with van der Waals surface area (Å²) >= 11 is 0. The van der Waals surface area contributed by atoms with E-state index in [0.29, 0.717) is 38.2 Å². The summed E-state index contributed by atoms with van der Waals surface area (Å²) in [5.74, 6) is -0.375. The standard InChI is InChI=1S/C14H17FO4/c15-10-1-3-11(4-2-10)19-13-9-14(6-5-12(13)16)17-7-8-18-14/h1-4,12-13,16H,5-9H2. The van der Waals surface area contributed by atoms with E-state index < -0.39 is 18.0 Å². The van der Waals surface area contributed by atoms with Crippen molar-refractivity contribution < 1.29 is 23.7 Å². The van der Waals surface area contributed by atoms with E-state index in [1.165, 1.54) is 12.1 Å². The maximum Gasteiger partial charge on any atom is 0.172 e. The van der Waals surface area contributed by atoms with Crippen LogP contribution in [0.3, 0.4) is 0 Å². The summed E-state index contributed by atoms with van der Waals surface area (Å²) in [6, 6.07) is 5.78. The van der Waals surface area contributed by atoms with Crippen LogP contribution in [0.25, 0.3) is 0 Å². The number of benzene rings is 1. The van der Waals surface area contributed by atoms with E-state index in [9.17, 15) is 9.50 Å². The zero-order valence-electron chi connectivity index (χ0n) is 10.5. The minimum absolute atomic E-state index is 0.310. The molecule has 1 aliphatic heterocycles. The number of ether oxygens (including phenoxy) is 3. The zero-order valence-corrected chi connectivity index (χ0v) is 10.5. The van der Waals surface area contributed by atoms with Crippen molar-refractivity contribution in [3.63, 3.8) is 0 Å². The summed E-state index contributed by atoms with van der Waals surface area (Å²) in [5.41, 5.74) is 0. The highest BCUT2D eigenvalue weighted by Crippen LogP contribution is 2.37. The number of rotatable bonds is 2. The SMILES string of the molecule is OC1CCC2(CC1Oc1ccc(F)cc1)OCCO2. The van der Waals surface area contributed by atoms with E-state index in [4.69, 9.17) is 14.2 Å². The van der Waals surface area contributed by atoms with Crippen molar-refractivity contribution in [2.24, 2.45) is 0 Å². The first-order valence-electron chi connectivity index (χ1n) is 6.55. The second-order valence-corrected chi connectivity index (χ2v) is 5.03. The van der Waals surface area contributed by atoms with Crippen LogP contribution in [0.4, 0.5) is 4.39 Å². The molecule has 1 heterocycles. The Labute approximate surface area is 111 Å². The smallest absolute Gasteiger partial charge is 0.172 e. The Morgan fingerprint density at radius 3 is 2.58 bits per heavy atom. The number of hydrogen-bond donors (Lipinski definition) is 1. The van der Waals surface area contributed by atoms with Gasteiger partial charge in [-0.15, -0.1) is 0 Å². The third kappa shape index (κ3) is 2.73. The van der Waals surface area contributed by atoms with E-state index >= 15 is 0 Å². The molecular weight excluding hydrogens is 251 g/mol. The minimum Gasteiger partial charge on any atom is -0.488 e. The summed E-state index contributed by atoms with van der Waals surface area (Å²) in [6.07, 6.45) is 0.801. The monoisotopic (exact) mass is 268 g/mol. The van der Waals surface area contributed by atoms with Crippen LogP contribution in [0.2, 0.25) is 0 Å². The van der Waals surface area contributed by atoms with Gasteiger partial charge in [0.25, 0.3) is 0 Å². The molecular formula is C14H17FO4. The van der Waals surface area contributed by atoms with Crippen LogP contribution in [0.5, 0.6) is 5.75 Å². The number of hydrogen-bond acceptors (Lipinski definition) is 4. The molecule has 1 aromatic carbocycles. The normalized spacial score (nSPS) is 29.6. The Hall–Kier alpha value is -1.17. The third-order valence-corrected chi connectivity index (χ3v) is 3.68. The molecule has 0 radical (unpaired) electrons. The van der Waals surface area contributed by atoms with Gasteiger partial charge in [0.15, 0.2) is 5.79 Å². The fraction of sp³-hybridized carbons (Fsp3) is 0.571. The van der Waals surface area contributed by atoms with Crippen LogP contribution in [-0.4, -0.2) is 36.3 Å². The van der Waals surface area contributed by atoms with Crippen molar-refractivity contribution in [2.75, 3.05) is 13.2 Å². The van der Waals surface area contributed by atoms with Gasteiger partial charge in [0.1, 0.15) is 17.7 Å². The molecule has 3 rings (SSSR count). The lowest BCUT2D eigenvalue weighted by Crippen LogP contribution is -2.47. The molecule has 104 valence electrons. The maximum atomic E-state index is 12.8. The molecule has 0 aromatic heterocycles. The van der Waals surface area contributed by atoms with Crippen molar-refractivity contribution in [3.05, 3.63) is 30.1 Å². The molecule has 1 spiro atoms. The van der Waals surface area contributed by atoms with Crippen LogP contribution in [0.15, 0.2) is 24.3 Å². The topological polar surface area (TPSA) is 47.9 Å². The summed E-state index contributed by atoms with van der Waals surface area (Å²) in [7, 11) is 0. The Morgan fingerprint density at radius 1 is 1.21 bits per heavy atom. The largest absolute Gasteiger partial charge is 0.488 e. The van der Waals surface area contributed by atoms with Crippen LogP contribution in [-0.2, 0) is 9.47 Å². The molecule has 5 heteroatoms. The molecule has 0 bridgehead atoms. The molecule has 1 N–H and O–H groups in total. The van der Waals surface area contributed by atoms with Gasteiger partial charge in [-0.2, -0.15) is 0 Å². The Bertz CT molecular complexity index is 428. The molecule has 2 atom stereocenters. The summed E-state index contributed by atoms with van der Waals surface area (Å²) in [5, 5.41) is 10.0. The Kier molecular flexibility index (Phi) is 3.43. The second kappa shape index (κ2) is 5.07. The molecule has 4 nitrogen and oxygen atoms in total. The lowest BCUT2D eigenvalue weighted by atomic mass is 9.89. The maximum absolute atomic E-state index is 12.8. The van der Waals surface area contributed by atoms with Gasteiger partial charge in [-0.3, -0.25) is 0 Å². The van der Waals surface area contributed by atoms with Crippen LogP contribution >= 0.6 is 0 Å². The van der Waals surface area contributed by atoms with E-state index in [2.05, 4.69) is 0 Å². The highest BCUT2D eigenvalue weighted by Gasteiger charge is 2.45. The molecule has 2 unspecified atom stereocenters. The minimum atomic E-state index is -0.607. The van der Waals surface area contributed by atoms with E-state index in [1.54, 1.807) is 12.1 Å². The van der Waals surface area contributed by atoms with Gasteiger partial charge >= 0.3 is 0 Å². The van der Waals surface area contributed by atoms with E-state index in [1.807, 2.05) is 0 Å². The predicted octanol–water partition coefficient (Wildman–Crippen LogP) is 1.86. The summed E-state index contributed by atoms with van der Waals surface area (Å²) in [4.78, 5) is 0. The van der Waals surface area contributed by atoms with Gasteiger partial charge < -0.3 is 19.3 Å². The van der Waals surface area contributed by atoms with Crippen molar-refractivity contribution in [1.82, 2.24) is 0 Å². The highest BCUT2D eigenvalue weighted by molar-refractivity contribution is 5.22. The van der Waals surface area contributed by atoms with Gasteiger partial charge in [-0.1, -0.05) is 0 Å². The van der Waals surface area contributed by atoms with Gasteiger partial charge in [0, 0.05) is 12.8 Å². The second-order valence-electron chi connectivity index (χ2n) is 5.03. The molecule has 0 amide bonds. The average Bonchev–Trinajstić information content (AvgIpc) is 2.85. The molecule has 2 aliphatic rings. The quantitative estimate of drug-likeness (QED) is 0.889. The molecule has 1 saturated heterocycles. The lowest BCUT2D eigenvalue weighted by molar-refractivity contribution is -0.209. The van der Waals surface area contributed by atoms with Crippen molar-refractivity contribution >= 4 is 0 Å². The van der Waals surface area contributed by atoms with Crippen LogP contribution in [0.1, 0.15) is 19.3 Å². The summed E-state index contributed by atoms with van der Waals surface area (Å²) in [6.45, 7) is 1.17. The predicted molar refractivity (Wildman–Crippen MR) is 65.3 cm³/mol.